The molecular formula is C24H26N4O2S. The molecule has 6 nitrogen and oxygen atoms in total. The smallest absolute Gasteiger partial charge is 0.232 e. The molecule has 2 aromatic heterocycles. The number of imidazole rings is 1. The van der Waals surface area contributed by atoms with E-state index in [0.29, 0.717) is 19.2 Å². The Bertz CT molecular complexity index is 1160. The van der Waals surface area contributed by atoms with Crippen molar-refractivity contribution in [1.29, 1.82) is 0 Å². The molecule has 0 saturated carbocycles. The van der Waals surface area contributed by atoms with E-state index in [1.165, 1.54) is 5.56 Å². The highest BCUT2D eigenvalue weighted by Crippen LogP contribution is 2.25. The van der Waals surface area contributed by atoms with Crippen molar-refractivity contribution in [2.75, 3.05) is 18.5 Å². The van der Waals surface area contributed by atoms with Crippen LogP contribution in [-0.4, -0.2) is 33.7 Å². The van der Waals surface area contributed by atoms with E-state index < -0.39 is 0 Å². The Labute approximate surface area is 185 Å². The van der Waals surface area contributed by atoms with E-state index in [0.717, 1.165) is 40.3 Å². The molecule has 0 aliphatic rings. The van der Waals surface area contributed by atoms with Gasteiger partial charge in [-0.05, 0) is 32.4 Å². The second-order valence-corrected chi connectivity index (χ2v) is 8.22. The first-order chi connectivity index (χ1) is 15.1. The summed E-state index contributed by atoms with van der Waals surface area (Å²) < 4.78 is 7.51. The standard InChI is InChI=1S/C24H26N4O2S/c1-3-30-14-6-13-28-21-8-5-4-7-20(21)26-24(28)27-22(29)15-19-16-31-23(25-19)18-11-9-17(2)10-12-18/h4-5,7-12,16H,3,6,13-15H2,1-2H3,(H,26,27,29). The number of thiazole rings is 1. The first-order valence-electron chi connectivity index (χ1n) is 10.5. The summed E-state index contributed by atoms with van der Waals surface area (Å²) in [6.07, 6.45) is 1.06. The van der Waals surface area contributed by atoms with E-state index in [-0.39, 0.29) is 12.3 Å². The van der Waals surface area contributed by atoms with Crippen LogP contribution in [0.2, 0.25) is 0 Å². The van der Waals surface area contributed by atoms with E-state index in [2.05, 4.69) is 46.5 Å². The number of para-hydroxylation sites is 2. The van der Waals surface area contributed by atoms with Crippen LogP contribution in [0.1, 0.15) is 24.6 Å². The Kier molecular flexibility index (Phi) is 6.74. The Hall–Kier alpha value is -3.03. The average Bonchev–Trinajstić information content (AvgIpc) is 3.36. The molecule has 31 heavy (non-hydrogen) atoms. The second kappa shape index (κ2) is 9.85. The van der Waals surface area contributed by atoms with Gasteiger partial charge in [0.15, 0.2) is 0 Å². The molecule has 2 aromatic carbocycles. The number of aryl methyl sites for hydroxylation is 2. The summed E-state index contributed by atoms with van der Waals surface area (Å²) in [7, 11) is 0. The summed E-state index contributed by atoms with van der Waals surface area (Å²) in [5.41, 5.74) is 4.91. The molecule has 0 unspecified atom stereocenters. The number of rotatable bonds is 9. The Morgan fingerprint density at radius 1 is 1.13 bits per heavy atom. The lowest BCUT2D eigenvalue weighted by Crippen LogP contribution is -2.18. The number of carbonyl (C=O) groups is 1. The van der Waals surface area contributed by atoms with Gasteiger partial charge in [0.25, 0.3) is 0 Å². The molecule has 0 spiro atoms. The van der Waals surface area contributed by atoms with Crippen molar-refractivity contribution < 1.29 is 9.53 Å². The third-order valence-electron chi connectivity index (χ3n) is 4.97. The first-order valence-corrected chi connectivity index (χ1v) is 11.4. The van der Waals surface area contributed by atoms with Gasteiger partial charge < -0.3 is 9.30 Å². The number of anilines is 1. The molecule has 4 rings (SSSR count). The topological polar surface area (TPSA) is 69.0 Å². The summed E-state index contributed by atoms with van der Waals surface area (Å²) in [5, 5.41) is 5.85. The highest BCUT2D eigenvalue weighted by Gasteiger charge is 2.15. The van der Waals surface area contributed by atoms with Crippen molar-refractivity contribution in [1.82, 2.24) is 14.5 Å². The number of fused-ring (bicyclic) bond motifs is 1. The van der Waals surface area contributed by atoms with Crippen LogP contribution in [0.15, 0.2) is 53.9 Å². The molecule has 7 heteroatoms. The van der Waals surface area contributed by atoms with Gasteiger partial charge in [-0.15, -0.1) is 11.3 Å². The summed E-state index contributed by atoms with van der Waals surface area (Å²) in [6, 6.07) is 16.2. The number of amides is 1. The molecule has 4 aromatic rings. The van der Waals surface area contributed by atoms with Crippen molar-refractivity contribution in [2.45, 2.75) is 33.2 Å². The van der Waals surface area contributed by atoms with Crippen molar-refractivity contribution in [3.05, 3.63) is 65.2 Å². The maximum Gasteiger partial charge on any atom is 0.232 e. The van der Waals surface area contributed by atoms with Crippen molar-refractivity contribution in [2.24, 2.45) is 0 Å². The van der Waals surface area contributed by atoms with Gasteiger partial charge in [0.05, 0.1) is 23.1 Å². The number of hydrogen-bond donors (Lipinski definition) is 1. The van der Waals surface area contributed by atoms with Crippen molar-refractivity contribution in [3.8, 4) is 10.6 Å². The molecule has 0 fully saturated rings. The summed E-state index contributed by atoms with van der Waals surface area (Å²) in [4.78, 5) is 22.0. The average molecular weight is 435 g/mol. The van der Waals surface area contributed by atoms with Crippen LogP contribution in [0.3, 0.4) is 0 Å². The fourth-order valence-electron chi connectivity index (χ4n) is 3.42. The largest absolute Gasteiger partial charge is 0.382 e. The molecule has 0 saturated heterocycles. The van der Waals surface area contributed by atoms with Gasteiger partial charge in [-0.2, -0.15) is 0 Å². The number of nitrogens with one attached hydrogen (secondary N) is 1. The third-order valence-corrected chi connectivity index (χ3v) is 5.91. The van der Waals surface area contributed by atoms with Gasteiger partial charge in [-0.3, -0.25) is 10.1 Å². The van der Waals surface area contributed by atoms with Crippen LogP contribution in [-0.2, 0) is 22.5 Å². The van der Waals surface area contributed by atoms with Gasteiger partial charge in [0, 0.05) is 30.7 Å². The fourth-order valence-corrected chi connectivity index (χ4v) is 4.24. The molecule has 0 aliphatic carbocycles. The SMILES string of the molecule is CCOCCCn1c(NC(=O)Cc2csc(-c3ccc(C)cc3)n2)nc2ccccc21. The zero-order valence-electron chi connectivity index (χ0n) is 17.8. The van der Waals surface area contributed by atoms with E-state index in [1.807, 2.05) is 41.1 Å². The molecule has 160 valence electrons. The van der Waals surface area contributed by atoms with Crippen LogP contribution in [0.4, 0.5) is 5.95 Å². The molecule has 1 amide bonds. The molecular weight excluding hydrogens is 408 g/mol. The Balaban J connectivity index is 1.46. The number of aromatic nitrogens is 3. The van der Waals surface area contributed by atoms with Gasteiger partial charge in [0.1, 0.15) is 5.01 Å². The summed E-state index contributed by atoms with van der Waals surface area (Å²) in [5.74, 6) is 0.443. The monoisotopic (exact) mass is 434 g/mol. The molecule has 2 heterocycles. The lowest BCUT2D eigenvalue weighted by molar-refractivity contribution is -0.115. The highest BCUT2D eigenvalue weighted by molar-refractivity contribution is 7.13. The minimum atomic E-state index is -0.123. The molecule has 1 N–H and O–H groups in total. The van der Waals surface area contributed by atoms with Gasteiger partial charge >= 0.3 is 0 Å². The molecule has 0 atom stereocenters. The van der Waals surface area contributed by atoms with Crippen molar-refractivity contribution >= 4 is 34.2 Å². The number of carbonyl (C=O) groups excluding carboxylic acids is 1. The lowest BCUT2D eigenvalue weighted by Gasteiger charge is -2.10. The second-order valence-electron chi connectivity index (χ2n) is 7.36. The zero-order valence-corrected chi connectivity index (χ0v) is 18.6. The Morgan fingerprint density at radius 2 is 1.94 bits per heavy atom. The van der Waals surface area contributed by atoms with E-state index in [9.17, 15) is 4.79 Å². The van der Waals surface area contributed by atoms with Crippen LogP contribution in [0, 0.1) is 6.92 Å². The number of ether oxygens (including phenoxy) is 1. The van der Waals surface area contributed by atoms with Gasteiger partial charge in [0.2, 0.25) is 11.9 Å². The van der Waals surface area contributed by atoms with E-state index >= 15 is 0 Å². The van der Waals surface area contributed by atoms with Crippen LogP contribution in [0.5, 0.6) is 0 Å². The maximum absolute atomic E-state index is 12.8. The van der Waals surface area contributed by atoms with Crippen LogP contribution < -0.4 is 5.32 Å². The van der Waals surface area contributed by atoms with Crippen molar-refractivity contribution in [3.63, 3.8) is 0 Å². The summed E-state index contributed by atoms with van der Waals surface area (Å²) in [6.45, 7) is 6.15. The molecule has 0 radical (unpaired) electrons. The van der Waals surface area contributed by atoms with Crippen LogP contribution in [0.25, 0.3) is 21.6 Å². The minimum absolute atomic E-state index is 0.123. The van der Waals surface area contributed by atoms with Gasteiger partial charge in [-0.25, -0.2) is 9.97 Å². The number of hydrogen-bond acceptors (Lipinski definition) is 5. The molecule has 0 bridgehead atoms. The lowest BCUT2D eigenvalue weighted by atomic mass is 10.2. The summed E-state index contributed by atoms with van der Waals surface area (Å²) >= 11 is 1.55. The minimum Gasteiger partial charge on any atom is -0.382 e. The first kappa shape index (κ1) is 21.2. The number of nitrogens with zero attached hydrogens (tertiary/aromatic N) is 3. The zero-order chi connectivity index (χ0) is 21.6. The van der Waals surface area contributed by atoms with Gasteiger partial charge in [-0.1, -0.05) is 42.0 Å². The van der Waals surface area contributed by atoms with E-state index in [4.69, 9.17) is 4.74 Å². The highest BCUT2D eigenvalue weighted by atomic mass is 32.1. The third kappa shape index (κ3) is 5.18. The normalized spacial score (nSPS) is 11.2. The van der Waals surface area contributed by atoms with Crippen LogP contribution >= 0.6 is 11.3 Å². The fraction of sp³-hybridized carbons (Fsp3) is 0.292. The maximum atomic E-state index is 12.8. The number of benzene rings is 2. The quantitative estimate of drug-likeness (QED) is 0.373. The van der Waals surface area contributed by atoms with E-state index in [1.54, 1.807) is 11.3 Å². The predicted molar refractivity (Wildman–Crippen MR) is 125 cm³/mol. The predicted octanol–water partition coefficient (Wildman–Crippen LogP) is 5.08. The Morgan fingerprint density at radius 3 is 2.74 bits per heavy atom. The molecule has 0 aliphatic heterocycles.